The lowest BCUT2D eigenvalue weighted by Gasteiger charge is -2.26. The summed E-state index contributed by atoms with van der Waals surface area (Å²) in [4.78, 5) is 23.7. The predicted octanol–water partition coefficient (Wildman–Crippen LogP) is 3.05. The van der Waals surface area contributed by atoms with Crippen molar-refractivity contribution < 1.29 is 37.7 Å². The molecule has 0 radical (unpaired) electrons. The van der Waals surface area contributed by atoms with Crippen molar-refractivity contribution in [3.8, 4) is 0 Å². The first-order valence-corrected chi connectivity index (χ1v) is 7.88. The summed E-state index contributed by atoms with van der Waals surface area (Å²) in [6, 6.07) is 1.80. The molecule has 1 N–H and O–H groups in total. The van der Waals surface area contributed by atoms with Crippen LogP contribution >= 0.6 is 0 Å². The molecule has 2 aliphatic heterocycles. The van der Waals surface area contributed by atoms with Crippen LogP contribution in [0.5, 0.6) is 0 Å². The van der Waals surface area contributed by atoms with E-state index in [1.165, 1.54) is 6.07 Å². The summed E-state index contributed by atoms with van der Waals surface area (Å²) >= 11 is 0. The summed E-state index contributed by atoms with van der Waals surface area (Å²) in [6.45, 7) is 0.437. The van der Waals surface area contributed by atoms with Gasteiger partial charge >= 0.3 is 12.2 Å². The Bertz CT molecular complexity index is 664. The van der Waals surface area contributed by atoms with Crippen LogP contribution in [-0.4, -0.2) is 47.8 Å². The summed E-state index contributed by atoms with van der Waals surface area (Å²) in [5.41, 5.74) is 0.102. The number of nitrogens with zero attached hydrogens (tertiary/aromatic N) is 1. The number of cyclic esters (lactones) is 1. The highest BCUT2D eigenvalue weighted by atomic mass is 19.2. The maximum atomic E-state index is 13.5. The van der Waals surface area contributed by atoms with Crippen molar-refractivity contribution in [2.45, 2.75) is 37.7 Å². The average molecular weight is 357 g/mol. The third-order valence-electron chi connectivity index (χ3n) is 4.15. The molecule has 0 spiro atoms. The number of hydrogen-bond donors (Lipinski definition) is 1. The van der Waals surface area contributed by atoms with Gasteiger partial charge in [0.05, 0.1) is 6.61 Å². The van der Waals surface area contributed by atoms with Crippen molar-refractivity contribution in [1.82, 2.24) is 4.90 Å². The quantitative estimate of drug-likeness (QED) is 0.891. The molecule has 2 saturated heterocycles. The van der Waals surface area contributed by atoms with Crippen LogP contribution < -0.4 is 0 Å². The van der Waals surface area contributed by atoms with Crippen LogP contribution in [0.25, 0.3) is 0 Å². The van der Waals surface area contributed by atoms with E-state index in [9.17, 15) is 23.5 Å². The molecule has 2 aliphatic rings. The van der Waals surface area contributed by atoms with Gasteiger partial charge in [0, 0.05) is 6.61 Å². The molecule has 1 aromatic carbocycles. The first-order chi connectivity index (χ1) is 12.0. The molecule has 7 nitrogen and oxygen atoms in total. The Morgan fingerprint density at radius 2 is 2.12 bits per heavy atom. The zero-order valence-electron chi connectivity index (χ0n) is 13.2. The molecule has 1 aromatic rings. The van der Waals surface area contributed by atoms with Gasteiger partial charge in [-0.1, -0.05) is 6.07 Å². The van der Waals surface area contributed by atoms with Gasteiger partial charge in [-0.15, -0.1) is 0 Å². The van der Waals surface area contributed by atoms with Crippen LogP contribution in [0, 0.1) is 11.6 Å². The van der Waals surface area contributed by atoms with Gasteiger partial charge in [-0.25, -0.2) is 23.3 Å². The third kappa shape index (κ3) is 3.72. The monoisotopic (exact) mass is 357 g/mol. The van der Waals surface area contributed by atoms with Gasteiger partial charge in [0.15, 0.2) is 24.0 Å². The molecule has 0 bridgehead atoms. The second-order valence-corrected chi connectivity index (χ2v) is 5.82. The molecule has 3 atom stereocenters. The molecule has 2 fully saturated rings. The summed E-state index contributed by atoms with van der Waals surface area (Å²) in [6.07, 6.45) is -1.53. The molecule has 25 heavy (non-hydrogen) atoms. The zero-order chi connectivity index (χ0) is 18.0. The van der Waals surface area contributed by atoms with Crippen molar-refractivity contribution in [2.75, 3.05) is 13.2 Å². The van der Waals surface area contributed by atoms with Crippen LogP contribution in [0.1, 0.15) is 30.9 Å². The normalized spacial score (nSPS) is 26.6. The van der Waals surface area contributed by atoms with E-state index in [4.69, 9.17) is 14.2 Å². The topological polar surface area (TPSA) is 85.3 Å². The van der Waals surface area contributed by atoms with Gasteiger partial charge < -0.3 is 19.3 Å². The fraction of sp³-hybridized carbons (Fsp3) is 0.500. The molecular weight excluding hydrogens is 340 g/mol. The molecule has 9 heteroatoms. The van der Waals surface area contributed by atoms with Crippen LogP contribution in [0.4, 0.5) is 18.4 Å². The zero-order valence-corrected chi connectivity index (χ0v) is 13.2. The number of benzene rings is 1. The number of rotatable bonds is 4. The van der Waals surface area contributed by atoms with E-state index in [1.54, 1.807) is 0 Å². The Morgan fingerprint density at radius 3 is 2.76 bits per heavy atom. The lowest BCUT2D eigenvalue weighted by atomic mass is 10.0. The highest BCUT2D eigenvalue weighted by molar-refractivity contribution is 5.89. The largest absolute Gasteiger partial charge is 0.465 e. The van der Waals surface area contributed by atoms with E-state index >= 15 is 0 Å². The number of carboxylic acid groups (broad SMARTS) is 1. The minimum Gasteiger partial charge on any atom is -0.465 e. The van der Waals surface area contributed by atoms with Crippen LogP contribution in [-0.2, 0) is 14.2 Å². The number of halogens is 2. The highest BCUT2D eigenvalue weighted by Crippen LogP contribution is 2.34. The first kappa shape index (κ1) is 17.6. The standard InChI is InChI=1S/C16H17F2NO6/c17-10-5-4-9(7-11(10)18)14-12(25-16(22)19(14)15(20)21)8-24-13-3-1-2-6-23-13/h4-5,7,12-14H,1-3,6,8H2,(H,20,21)/t12-,13?,14-/m0/s1. The Hall–Kier alpha value is -2.26. The van der Waals surface area contributed by atoms with E-state index in [2.05, 4.69) is 0 Å². The molecule has 136 valence electrons. The van der Waals surface area contributed by atoms with E-state index < -0.39 is 42.3 Å². The van der Waals surface area contributed by atoms with Crippen LogP contribution in [0.2, 0.25) is 0 Å². The number of ether oxygens (including phenoxy) is 3. The van der Waals surface area contributed by atoms with Crippen molar-refractivity contribution in [1.29, 1.82) is 0 Å². The van der Waals surface area contributed by atoms with Crippen LogP contribution in [0.15, 0.2) is 18.2 Å². The van der Waals surface area contributed by atoms with E-state index in [-0.39, 0.29) is 12.2 Å². The molecular formula is C16H17F2NO6. The number of carbonyl (C=O) groups excluding carboxylic acids is 1. The van der Waals surface area contributed by atoms with Crippen molar-refractivity contribution in [3.63, 3.8) is 0 Å². The minimum atomic E-state index is -1.55. The fourth-order valence-corrected chi connectivity index (χ4v) is 2.96. The Kier molecular flexibility index (Phi) is 5.14. The second kappa shape index (κ2) is 7.32. The summed E-state index contributed by atoms with van der Waals surface area (Å²) in [5.74, 6) is -2.21. The lowest BCUT2D eigenvalue weighted by molar-refractivity contribution is -0.174. The summed E-state index contributed by atoms with van der Waals surface area (Å²) < 4.78 is 42.8. The number of hydrogen-bond acceptors (Lipinski definition) is 5. The Morgan fingerprint density at radius 1 is 1.32 bits per heavy atom. The van der Waals surface area contributed by atoms with Crippen molar-refractivity contribution in [3.05, 3.63) is 35.4 Å². The van der Waals surface area contributed by atoms with Gasteiger partial charge in [0.2, 0.25) is 0 Å². The summed E-state index contributed by atoms with van der Waals surface area (Å²) in [7, 11) is 0. The fourth-order valence-electron chi connectivity index (χ4n) is 2.96. The van der Waals surface area contributed by atoms with Gasteiger partial charge in [-0.2, -0.15) is 0 Å². The maximum absolute atomic E-state index is 13.5. The molecule has 2 heterocycles. The Balaban J connectivity index is 1.80. The molecule has 0 aliphatic carbocycles. The van der Waals surface area contributed by atoms with E-state index in [1.807, 2.05) is 0 Å². The minimum absolute atomic E-state index is 0.102. The van der Waals surface area contributed by atoms with Gasteiger partial charge in [0.25, 0.3) is 0 Å². The predicted molar refractivity (Wildman–Crippen MR) is 78.8 cm³/mol. The first-order valence-electron chi connectivity index (χ1n) is 7.88. The maximum Gasteiger partial charge on any atom is 0.420 e. The highest BCUT2D eigenvalue weighted by Gasteiger charge is 2.47. The van der Waals surface area contributed by atoms with Crippen molar-refractivity contribution in [2.24, 2.45) is 0 Å². The van der Waals surface area contributed by atoms with Crippen LogP contribution in [0.3, 0.4) is 0 Å². The van der Waals surface area contributed by atoms with Gasteiger partial charge in [0.1, 0.15) is 6.04 Å². The molecule has 1 unspecified atom stereocenters. The number of carbonyl (C=O) groups is 2. The lowest BCUT2D eigenvalue weighted by Crippen LogP contribution is -2.36. The SMILES string of the molecule is O=C(O)N1C(=O)O[C@@H](COC2CCCCO2)[C@@H]1c1ccc(F)c(F)c1. The van der Waals surface area contributed by atoms with Crippen molar-refractivity contribution >= 4 is 12.2 Å². The number of amides is 2. The van der Waals surface area contributed by atoms with Gasteiger partial charge in [-0.3, -0.25) is 0 Å². The Labute approximate surface area is 142 Å². The molecule has 3 rings (SSSR count). The molecule has 0 saturated carbocycles. The number of imide groups is 1. The van der Waals surface area contributed by atoms with E-state index in [0.29, 0.717) is 17.9 Å². The summed E-state index contributed by atoms with van der Waals surface area (Å²) in [5, 5.41) is 9.27. The third-order valence-corrected chi connectivity index (χ3v) is 4.15. The average Bonchev–Trinajstić information content (AvgIpc) is 2.93. The molecule has 0 aromatic heterocycles. The van der Waals surface area contributed by atoms with Gasteiger partial charge in [-0.05, 0) is 37.0 Å². The second-order valence-electron chi connectivity index (χ2n) is 5.82. The van der Waals surface area contributed by atoms with E-state index in [0.717, 1.165) is 25.0 Å². The molecule has 2 amide bonds. The smallest absolute Gasteiger partial charge is 0.420 e.